The first-order chi connectivity index (χ1) is 48.1. The van der Waals surface area contributed by atoms with E-state index in [1.165, 1.54) is 244 Å². The van der Waals surface area contributed by atoms with Gasteiger partial charge in [0.1, 0.15) is 19.3 Å². The van der Waals surface area contributed by atoms with Crippen LogP contribution in [0.3, 0.4) is 0 Å². The fourth-order valence-electron chi connectivity index (χ4n) is 12.4. The molecule has 17 nitrogen and oxygen atoms in total. The van der Waals surface area contributed by atoms with Gasteiger partial charge in [0, 0.05) is 25.7 Å². The summed E-state index contributed by atoms with van der Waals surface area (Å²) in [4.78, 5) is 72.9. The summed E-state index contributed by atoms with van der Waals surface area (Å²) in [6.45, 7) is 7.32. The van der Waals surface area contributed by atoms with Crippen molar-refractivity contribution in [3.05, 3.63) is 0 Å². The zero-order valence-electron chi connectivity index (χ0n) is 64.6. The largest absolute Gasteiger partial charge is 0.472 e. The van der Waals surface area contributed by atoms with Crippen LogP contribution in [0.15, 0.2) is 0 Å². The van der Waals surface area contributed by atoms with Crippen LogP contribution in [-0.4, -0.2) is 96.7 Å². The van der Waals surface area contributed by atoms with Crippen molar-refractivity contribution >= 4 is 39.5 Å². The van der Waals surface area contributed by atoms with Crippen molar-refractivity contribution < 1.29 is 80.2 Å². The van der Waals surface area contributed by atoms with Crippen LogP contribution < -0.4 is 0 Å². The molecule has 6 atom stereocenters. The van der Waals surface area contributed by atoms with E-state index >= 15 is 0 Å². The second-order valence-electron chi connectivity index (χ2n) is 29.1. The van der Waals surface area contributed by atoms with Crippen molar-refractivity contribution in [2.75, 3.05) is 39.6 Å². The summed E-state index contributed by atoms with van der Waals surface area (Å²) in [5.74, 6) is -1.31. The Morgan fingerprint density at radius 3 is 0.717 bits per heavy atom. The number of carbonyl (C=O) groups excluding carboxylic acids is 4. The Kier molecular flexibility index (Phi) is 71.6. The van der Waals surface area contributed by atoms with Crippen molar-refractivity contribution in [2.24, 2.45) is 5.92 Å². The zero-order chi connectivity index (χ0) is 72.7. The van der Waals surface area contributed by atoms with Crippen LogP contribution in [0.2, 0.25) is 0 Å². The lowest BCUT2D eigenvalue weighted by atomic mass is 9.99. The normalized spacial score (nSPS) is 14.1. The molecular formula is C80H156O17P2. The predicted molar refractivity (Wildman–Crippen MR) is 405 cm³/mol. The third-order valence-corrected chi connectivity index (χ3v) is 21.0. The van der Waals surface area contributed by atoms with E-state index in [1.54, 1.807) is 0 Å². The monoisotopic (exact) mass is 1450 g/mol. The van der Waals surface area contributed by atoms with Gasteiger partial charge in [-0.25, -0.2) is 9.13 Å². The molecule has 588 valence electrons. The summed E-state index contributed by atoms with van der Waals surface area (Å²) in [7, 11) is -9.91. The standard InChI is InChI=1S/C80H156O17P2/c1-6-10-13-16-19-22-24-26-28-30-31-32-33-34-36-38-40-45-50-55-60-65-79(84)97-76(70-91-78(83)64-59-54-49-44-39-37-35-29-27-25-23-20-17-14-11-7-2)72-95-99(88,89)93-68-74(81)67-92-98(86,87)94-71-75(69-90-77(82)63-58-53-48-21-18-15-12-8-3)96-80(85)66-61-56-51-46-42-41-43-47-52-57-62-73(5)9-4/h73-76,81H,6-72H2,1-5H3,(H,86,87)(H,88,89)/t73?,74-,75+,76+/m0/s1. The molecule has 3 N–H and O–H groups in total. The lowest BCUT2D eigenvalue weighted by Gasteiger charge is -2.21. The van der Waals surface area contributed by atoms with Gasteiger partial charge in [-0.2, -0.15) is 0 Å². The van der Waals surface area contributed by atoms with Crippen LogP contribution in [-0.2, 0) is 65.4 Å². The third kappa shape index (κ3) is 72.8. The van der Waals surface area contributed by atoms with Gasteiger partial charge in [-0.1, -0.05) is 375 Å². The molecule has 19 heteroatoms. The van der Waals surface area contributed by atoms with E-state index in [0.717, 1.165) is 102 Å². The average Bonchev–Trinajstić information content (AvgIpc) is 1.05. The van der Waals surface area contributed by atoms with Crippen LogP contribution in [0.1, 0.15) is 426 Å². The minimum atomic E-state index is -4.96. The maximum atomic E-state index is 13.1. The van der Waals surface area contributed by atoms with E-state index in [1.807, 2.05) is 0 Å². The van der Waals surface area contributed by atoms with Crippen LogP contribution >= 0.6 is 15.6 Å². The van der Waals surface area contributed by atoms with Gasteiger partial charge in [-0.05, 0) is 31.6 Å². The van der Waals surface area contributed by atoms with Gasteiger partial charge in [-0.15, -0.1) is 0 Å². The highest BCUT2D eigenvalue weighted by Crippen LogP contribution is 2.45. The lowest BCUT2D eigenvalue weighted by Crippen LogP contribution is -2.30. The molecule has 0 amide bonds. The Bertz CT molecular complexity index is 1890. The molecule has 99 heavy (non-hydrogen) atoms. The predicted octanol–water partition coefficient (Wildman–Crippen LogP) is 24.0. The molecule has 0 bridgehead atoms. The minimum absolute atomic E-state index is 0.107. The Labute approximate surface area is 607 Å². The van der Waals surface area contributed by atoms with E-state index in [2.05, 4.69) is 34.6 Å². The number of ether oxygens (including phenoxy) is 4. The van der Waals surface area contributed by atoms with E-state index in [0.29, 0.717) is 25.7 Å². The summed E-state index contributed by atoms with van der Waals surface area (Å²) in [6, 6.07) is 0. The molecule has 0 radical (unpaired) electrons. The molecule has 0 fully saturated rings. The SMILES string of the molecule is CCCCCCCCCCCCCCCCCCCCCCCC(=O)O[C@H](COC(=O)CCCCCCCCCCCCCCCCCC)COP(=O)(O)OC[C@@H](O)COP(=O)(O)OC[C@@H](COC(=O)CCCCCCCCCC)OC(=O)CCCCCCCCCCCCC(C)CC. The highest BCUT2D eigenvalue weighted by Gasteiger charge is 2.30. The second kappa shape index (κ2) is 73.0. The van der Waals surface area contributed by atoms with E-state index in [9.17, 15) is 43.2 Å². The fourth-order valence-corrected chi connectivity index (χ4v) is 14.0. The van der Waals surface area contributed by atoms with Crippen LogP contribution in [0.4, 0.5) is 0 Å². The van der Waals surface area contributed by atoms with Gasteiger partial charge in [-0.3, -0.25) is 37.3 Å². The summed E-state index contributed by atoms with van der Waals surface area (Å²) in [5, 5.41) is 10.6. The zero-order valence-corrected chi connectivity index (χ0v) is 66.4. The van der Waals surface area contributed by atoms with E-state index in [4.69, 9.17) is 37.0 Å². The first-order valence-corrected chi connectivity index (χ1v) is 44.7. The molecule has 0 aliphatic heterocycles. The van der Waals surface area contributed by atoms with Crippen LogP contribution in [0.25, 0.3) is 0 Å². The number of aliphatic hydroxyl groups excluding tert-OH is 1. The Balaban J connectivity index is 5.19. The van der Waals surface area contributed by atoms with Gasteiger partial charge in [0.15, 0.2) is 12.2 Å². The van der Waals surface area contributed by atoms with Crippen molar-refractivity contribution in [1.82, 2.24) is 0 Å². The first-order valence-electron chi connectivity index (χ1n) is 41.7. The number of phosphoric acid groups is 2. The molecule has 3 unspecified atom stereocenters. The van der Waals surface area contributed by atoms with Crippen molar-refractivity contribution in [3.63, 3.8) is 0 Å². The molecule has 0 aromatic rings. The van der Waals surface area contributed by atoms with Gasteiger partial charge in [0.05, 0.1) is 26.4 Å². The van der Waals surface area contributed by atoms with E-state index < -0.39 is 97.5 Å². The molecular weight excluding hydrogens is 1290 g/mol. The smallest absolute Gasteiger partial charge is 0.462 e. The van der Waals surface area contributed by atoms with Crippen molar-refractivity contribution in [2.45, 2.75) is 445 Å². The number of carbonyl (C=O) groups is 4. The summed E-state index contributed by atoms with van der Waals surface area (Å²) >= 11 is 0. The fraction of sp³-hybridized carbons (Fsp3) is 0.950. The second-order valence-corrected chi connectivity index (χ2v) is 32.0. The number of hydrogen-bond acceptors (Lipinski definition) is 15. The van der Waals surface area contributed by atoms with Crippen molar-refractivity contribution in [3.8, 4) is 0 Å². The number of esters is 4. The Hall–Kier alpha value is -1.94. The highest BCUT2D eigenvalue weighted by molar-refractivity contribution is 7.47. The maximum absolute atomic E-state index is 13.1. The topological polar surface area (TPSA) is 237 Å². The highest BCUT2D eigenvalue weighted by atomic mass is 31.2. The molecule has 0 spiro atoms. The number of hydrogen-bond donors (Lipinski definition) is 3. The summed E-state index contributed by atoms with van der Waals surface area (Å²) < 4.78 is 68.6. The number of aliphatic hydroxyl groups is 1. The molecule has 0 saturated heterocycles. The quantitative estimate of drug-likeness (QED) is 0.0222. The van der Waals surface area contributed by atoms with Crippen LogP contribution in [0, 0.1) is 5.92 Å². The molecule has 0 rings (SSSR count). The van der Waals surface area contributed by atoms with Gasteiger partial charge in [0.25, 0.3) is 0 Å². The molecule has 0 aliphatic carbocycles. The molecule has 0 aliphatic rings. The average molecular weight is 1450 g/mol. The first kappa shape index (κ1) is 97.1. The molecule has 0 aromatic heterocycles. The van der Waals surface area contributed by atoms with Crippen molar-refractivity contribution in [1.29, 1.82) is 0 Å². The maximum Gasteiger partial charge on any atom is 0.472 e. The lowest BCUT2D eigenvalue weighted by molar-refractivity contribution is -0.161. The third-order valence-electron chi connectivity index (χ3n) is 19.1. The number of rotatable bonds is 80. The molecule has 0 aromatic carbocycles. The molecule has 0 heterocycles. The van der Waals surface area contributed by atoms with Crippen LogP contribution in [0.5, 0.6) is 0 Å². The minimum Gasteiger partial charge on any atom is -0.462 e. The van der Waals surface area contributed by atoms with Gasteiger partial charge < -0.3 is 33.8 Å². The van der Waals surface area contributed by atoms with Gasteiger partial charge in [0.2, 0.25) is 0 Å². The summed E-state index contributed by atoms with van der Waals surface area (Å²) in [6.07, 6.45) is 63.9. The summed E-state index contributed by atoms with van der Waals surface area (Å²) in [5.41, 5.74) is 0. The number of phosphoric ester groups is 2. The van der Waals surface area contributed by atoms with Gasteiger partial charge >= 0.3 is 39.5 Å². The molecule has 0 saturated carbocycles. The number of unbranched alkanes of at least 4 members (excludes halogenated alkanes) is 51. The Morgan fingerprint density at radius 2 is 0.485 bits per heavy atom. The Morgan fingerprint density at radius 1 is 0.283 bits per heavy atom. The van der Waals surface area contributed by atoms with E-state index in [-0.39, 0.29) is 25.7 Å².